The summed E-state index contributed by atoms with van der Waals surface area (Å²) in [5.41, 5.74) is 0.981. The van der Waals surface area contributed by atoms with Gasteiger partial charge in [-0.2, -0.15) is 0 Å². The molecule has 0 amide bonds. The maximum absolute atomic E-state index is 13.8. The lowest BCUT2D eigenvalue weighted by Gasteiger charge is -2.31. The molecule has 0 saturated carbocycles. The third kappa shape index (κ3) is 4.01. The van der Waals surface area contributed by atoms with Crippen LogP contribution in [0.5, 0.6) is 0 Å². The number of hydrogen-bond donors (Lipinski definition) is 1. The predicted molar refractivity (Wildman–Crippen MR) is 106 cm³/mol. The maximum atomic E-state index is 13.8. The van der Waals surface area contributed by atoms with Crippen molar-refractivity contribution in [2.75, 3.05) is 24.5 Å². The quantitative estimate of drug-likeness (QED) is 0.679. The van der Waals surface area contributed by atoms with Crippen LogP contribution in [0.4, 0.5) is 13.9 Å². The molecule has 0 bridgehead atoms. The highest BCUT2D eigenvalue weighted by Crippen LogP contribution is 2.31. The van der Waals surface area contributed by atoms with Crippen molar-refractivity contribution < 1.29 is 17.2 Å². The van der Waals surface area contributed by atoms with Crippen molar-refractivity contribution in [2.45, 2.75) is 17.7 Å². The molecule has 0 atom stereocenters. The van der Waals surface area contributed by atoms with Crippen molar-refractivity contribution >= 4 is 36.7 Å². The number of benzene rings is 2. The predicted octanol–water partition coefficient (Wildman–Crippen LogP) is 3.77. The zero-order chi connectivity index (χ0) is 19.7. The molecule has 9 heteroatoms. The van der Waals surface area contributed by atoms with Gasteiger partial charge in [-0.3, -0.25) is 0 Å². The van der Waals surface area contributed by atoms with Crippen LogP contribution in [0.1, 0.15) is 12.8 Å². The molecule has 2 aromatic carbocycles. The van der Waals surface area contributed by atoms with Crippen LogP contribution in [-0.4, -0.2) is 33.0 Å². The van der Waals surface area contributed by atoms with Gasteiger partial charge < -0.3 is 4.90 Å². The number of aromatic nitrogens is 1. The van der Waals surface area contributed by atoms with Crippen molar-refractivity contribution in [3.05, 3.63) is 54.1 Å². The molecular weight excluding hydrogens is 404 g/mol. The van der Waals surface area contributed by atoms with E-state index in [1.54, 1.807) is 11.3 Å². The number of piperidine rings is 1. The van der Waals surface area contributed by atoms with Crippen LogP contribution in [0.3, 0.4) is 0 Å². The molecule has 1 aromatic heterocycles. The Hall–Kier alpha value is -2.10. The second-order valence-corrected chi connectivity index (χ2v) is 9.57. The Morgan fingerprint density at radius 3 is 2.64 bits per heavy atom. The Bertz CT molecular complexity index is 1060. The van der Waals surface area contributed by atoms with Crippen LogP contribution in [0.2, 0.25) is 0 Å². The lowest BCUT2D eigenvalue weighted by atomic mass is 9.97. The van der Waals surface area contributed by atoms with Gasteiger partial charge in [-0.1, -0.05) is 23.5 Å². The lowest BCUT2D eigenvalue weighted by Crippen LogP contribution is -2.38. The molecule has 3 aromatic rings. The van der Waals surface area contributed by atoms with E-state index in [-0.39, 0.29) is 12.5 Å². The third-order valence-electron chi connectivity index (χ3n) is 4.91. The normalized spacial score (nSPS) is 16.0. The first-order valence-corrected chi connectivity index (χ1v) is 11.3. The van der Waals surface area contributed by atoms with E-state index in [0.717, 1.165) is 53.4 Å². The molecule has 4 rings (SSSR count). The number of nitrogens with one attached hydrogen (secondary N) is 1. The van der Waals surface area contributed by atoms with Crippen LogP contribution in [0, 0.1) is 17.6 Å². The SMILES string of the molecule is O=S(=O)(NCC1CCN(c2nc3ccccc3s2)CC1)c1cc(F)ccc1F. The Kier molecular flexibility index (Phi) is 5.31. The van der Waals surface area contributed by atoms with E-state index in [9.17, 15) is 17.2 Å². The van der Waals surface area contributed by atoms with Gasteiger partial charge >= 0.3 is 0 Å². The van der Waals surface area contributed by atoms with E-state index >= 15 is 0 Å². The minimum Gasteiger partial charge on any atom is -0.348 e. The van der Waals surface area contributed by atoms with Crippen molar-refractivity contribution in [1.82, 2.24) is 9.71 Å². The summed E-state index contributed by atoms with van der Waals surface area (Å²) >= 11 is 1.65. The summed E-state index contributed by atoms with van der Waals surface area (Å²) in [5.74, 6) is -1.61. The summed E-state index contributed by atoms with van der Waals surface area (Å²) in [4.78, 5) is 6.22. The molecule has 1 saturated heterocycles. The summed E-state index contributed by atoms with van der Waals surface area (Å²) in [7, 11) is -4.08. The Labute approximate surface area is 166 Å². The Morgan fingerprint density at radius 1 is 1.14 bits per heavy atom. The van der Waals surface area contributed by atoms with Crippen molar-refractivity contribution in [3.63, 3.8) is 0 Å². The van der Waals surface area contributed by atoms with Crippen LogP contribution in [-0.2, 0) is 10.0 Å². The second-order valence-electron chi connectivity index (χ2n) is 6.82. The molecular formula is C19H19F2N3O2S2. The van der Waals surface area contributed by atoms with E-state index in [1.165, 1.54) is 0 Å². The molecule has 0 unspecified atom stereocenters. The summed E-state index contributed by atoms with van der Waals surface area (Å²) in [5, 5.41) is 0.974. The number of nitrogens with zero attached hydrogens (tertiary/aromatic N) is 2. The van der Waals surface area contributed by atoms with Gasteiger partial charge in [0.05, 0.1) is 10.2 Å². The zero-order valence-electron chi connectivity index (χ0n) is 14.9. The largest absolute Gasteiger partial charge is 0.348 e. The number of rotatable bonds is 5. The molecule has 0 spiro atoms. The first-order valence-electron chi connectivity index (χ1n) is 8.97. The number of fused-ring (bicyclic) bond motifs is 1. The van der Waals surface area contributed by atoms with Gasteiger partial charge in [-0.25, -0.2) is 26.9 Å². The summed E-state index contributed by atoms with van der Waals surface area (Å²) in [6, 6.07) is 10.4. The standard InChI is InChI=1S/C19H19F2N3O2S2/c20-14-5-6-15(21)18(11-14)28(25,26)22-12-13-7-9-24(10-8-13)19-23-16-3-1-2-4-17(16)27-19/h1-6,11,13,22H,7-10,12H2. The summed E-state index contributed by atoms with van der Waals surface area (Å²) in [6.45, 7) is 1.76. The van der Waals surface area contributed by atoms with Crippen molar-refractivity contribution in [1.29, 1.82) is 0 Å². The van der Waals surface area contributed by atoms with Gasteiger partial charge in [-0.15, -0.1) is 0 Å². The molecule has 28 heavy (non-hydrogen) atoms. The first-order chi connectivity index (χ1) is 13.4. The summed E-state index contributed by atoms with van der Waals surface area (Å²) in [6.07, 6.45) is 1.59. The zero-order valence-corrected chi connectivity index (χ0v) is 16.6. The molecule has 5 nitrogen and oxygen atoms in total. The van der Waals surface area contributed by atoms with Crippen LogP contribution in [0.25, 0.3) is 10.2 Å². The van der Waals surface area contributed by atoms with E-state index in [4.69, 9.17) is 0 Å². The van der Waals surface area contributed by atoms with E-state index < -0.39 is 26.6 Å². The summed E-state index contributed by atoms with van der Waals surface area (Å²) < 4.78 is 55.2. The Morgan fingerprint density at radius 2 is 1.89 bits per heavy atom. The highest BCUT2D eigenvalue weighted by molar-refractivity contribution is 7.89. The molecule has 1 aliphatic heterocycles. The molecule has 2 heterocycles. The van der Waals surface area contributed by atoms with E-state index in [1.807, 2.05) is 24.3 Å². The van der Waals surface area contributed by atoms with Gasteiger partial charge in [0.15, 0.2) is 5.13 Å². The Balaban J connectivity index is 1.36. The molecule has 1 N–H and O–H groups in total. The van der Waals surface area contributed by atoms with Gasteiger partial charge in [0.25, 0.3) is 0 Å². The number of halogens is 2. The molecule has 0 aliphatic carbocycles. The molecule has 0 radical (unpaired) electrons. The number of hydrogen-bond acceptors (Lipinski definition) is 5. The lowest BCUT2D eigenvalue weighted by molar-refractivity contribution is 0.401. The van der Waals surface area contributed by atoms with Gasteiger partial charge in [-0.05, 0) is 49.1 Å². The highest BCUT2D eigenvalue weighted by Gasteiger charge is 2.25. The van der Waals surface area contributed by atoms with Gasteiger partial charge in [0, 0.05) is 19.6 Å². The molecule has 1 fully saturated rings. The number of thiazole rings is 1. The number of para-hydroxylation sites is 1. The first kappa shape index (κ1) is 19.2. The van der Waals surface area contributed by atoms with Crippen LogP contribution in [0.15, 0.2) is 47.4 Å². The number of anilines is 1. The third-order valence-corrected chi connectivity index (χ3v) is 7.45. The van der Waals surface area contributed by atoms with E-state index in [2.05, 4.69) is 14.6 Å². The minimum atomic E-state index is -4.08. The van der Waals surface area contributed by atoms with Crippen LogP contribution >= 0.6 is 11.3 Å². The van der Waals surface area contributed by atoms with E-state index in [0.29, 0.717) is 6.07 Å². The van der Waals surface area contributed by atoms with Gasteiger partial charge in [0.1, 0.15) is 16.5 Å². The number of sulfonamides is 1. The fourth-order valence-corrected chi connectivity index (χ4v) is 5.53. The topological polar surface area (TPSA) is 62.3 Å². The molecule has 148 valence electrons. The fourth-order valence-electron chi connectivity index (χ4n) is 3.31. The maximum Gasteiger partial charge on any atom is 0.243 e. The van der Waals surface area contributed by atoms with Crippen molar-refractivity contribution in [3.8, 4) is 0 Å². The smallest absolute Gasteiger partial charge is 0.243 e. The highest BCUT2D eigenvalue weighted by atomic mass is 32.2. The monoisotopic (exact) mass is 423 g/mol. The van der Waals surface area contributed by atoms with Crippen molar-refractivity contribution in [2.24, 2.45) is 5.92 Å². The second kappa shape index (κ2) is 7.73. The average molecular weight is 424 g/mol. The fraction of sp³-hybridized carbons (Fsp3) is 0.316. The van der Waals surface area contributed by atoms with Gasteiger partial charge in [0.2, 0.25) is 10.0 Å². The average Bonchev–Trinajstić information content (AvgIpc) is 3.13. The molecule has 1 aliphatic rings. The van der Waals surface area contributed by atoms with Crippen LogP contribution < -0.4 is 9.62 Å². The minimum absolute atomic E-state index is 0.136.